The largest absolute Gasteiger partial charge is 0.368 e. The van der Waals surface area contributed by atoms with Gasteiger partial charge in [0.2, 0.25) is 0 Å². The lowest BCUT2D eigenvalue weighted by molar-refractivity contribution is 0.172. The highest BCUT2D eigenvalue weighted by Crippen LogP contribution is 2.33. The molecule has 0 bridgehead atoms. The van der Waals surface area contributed by atoms with E-state index in [9.17, 15) is 0 Å². The minimum Gasteiger partial charge on any atom is -0.368 e. The van der Waals surface area contributed by atoms with E-state index in [1.165, 1.54) is 25.7 Å². The summed E-state index contributed by atoms with van der Waals surface area (Å²) >= 11 is 3.41. The Morgan fingerprint density at radius 2 is 2.00 bits per heavy atom. The molecule has 0 unspecified atom stereocenters. The number of hydrogen-bond acceptors (Lipinski definition) is 4. The molecule has 1 saturated carbocycles. The zero-order valence-electron chi connectivity index (χ0n) is 11.3. The molecule has 0 aromatic carbocycles. The number of rotatable bonds is 4. The van der Waals surface area contributed by atoms with Gasteiger partial charge in [-0.2, -0.15) is 0 Å². The minimum absolute atomic E-state index is 0.283. The van der Waals surface area contributed by atoms with Crippen LogP contribution in [0.25, 0.3) is 0 Å². The summed E-state index contributed by atoms with van der Waals surface area (Å²) in [6, 6.07) is 1.94. The monoisotopic (exact) mass is 312 g/mol. The Balaban J connectivity index is 2.05. The lowest BCUT2D eigenvalue weighted by atomic mass is 9.96. The highest BCUT2D eigenvalue weighted by atomic mass is 79.9. The Bertz CT molecular complexity index is 393. The Labute approximate surface area is 117 Å². The van der Waals surface area contributed by atoms with Gasteiger partial charge in [0.25, 0.3) is 0 Å². The predicted octanol–water partition coefficient (Wildman–Crippen LogP) is 2.83. The van der Waals surface area contributed by atoms with Crippen molar-refractivity contribution >= 4 is 21.7 Å². The van der Waals surface area contributed by atoms with Crippen LogP contribution >= 0.6 is 15.9 Å². The summed E-state index contributed by atoms with van der Waals surface area (Å²) in [5.41, 5.74) is 0.283. The zero-order chi connectivity index (χ0) is 13.2. The van der Waals surface area contributed by atoms with Gasteiger partial charge >= 0.3 is 0 Å². The van der Waals surface area contributed by atoms with Crippen molar-refractivity contribution in [3.8, 4) is 0 Å². The molecule has 2 rings (SSSR count). The van der Waals surface area contributed by atoms with Crippen molar-refractivity contribution in [2.45, 2.75) is 38.1 Å². The van der Waals surface area contributed by atoms with Gasteiger partial charge in [0.1, 0.15) is 16.2 Å². The van der Waals surface area contributed by atoms with Gasteiger partial charge in [0.05, 0.1) is 0 Å². The molecule has 5 heteroatoms. The molecule has 18 heavy (non-hydrogen) atoms. The molecule has 1 aromatic heterocycles. The average Bonchev–Trinajstić information content (AvgIpc) is 2.75. The van der Waals surface area contributed by atoms with Crippen LogP contribution in [0.3, 0.4) is 0 Å². The fourth-order valence-corrected chi connectivity index (χ4v) is 3.17. The number of nitrogens with one attached hydrogen (secondary N) is 1. The molecule has 0 spiro atoms. The quantitative estimate of drug-likeness (QED) is 0.868. The molecule has 0 amide bonds. The second-order valence-electron chi connectivity index (χ2n) is 5.30. The van der Waals surface area contributed by atoms with Gasteiger partial charge in [-0.05, 0) is 49.8 Å². The van der Waals surface area contributed by atoms with Crippen molar-refractivity contribution in [2.75, 3.05) is 26.0 Å². The Kier molecular flexibility index (Phi) is 4.22. The third-order valence-corrected chi connectivity index (χ3v) is 4.29. The number of likely N-dealkylation sites (N-methyl/N-ethyl adjacent to an activating group) is 1. The molecule has 100 valence electrons. The number of aromatic nitrogens is 2. The molecule has 0 aliphatic heterocycles. The molecule has 0 saturated heterocycles. The number of anilines is 1. The minimum atomic E-state index is 0.283. The lowest BCUT2D eigenvalue weighted by Crippen LogP contribution is -2.47. The Hall–Kier alpha value is -0.680. The first-order valence-corrected chi connectivity index (χ1v) is 7.24. The molecule has 1 aromatic rings. The Morgan fingerprint density at radius 3 is 2.56 bits per heavy atom. The highest BCUT2D eigenvalue weighted by molar-refractivity contribution is 9.10. The fraction of sp³-hybridized carbons (Fsp3) is 0.692. The van der Waals surface area contributed by atoms with E-state index in [1.54, 1.807) is 0 Å². The Morgan fingerprint density at radius 1 is 1.33 bits per heavy atom. The van der Waals surface area contributed by atoms with Crippen LogP contribution in [0.5, 0.6) is 0 Å². The zero-order valence-corrected chi connectivity index (χ0v) is 12.9. The van der Waals surface area contributed by atoms with Gasteiger partial charge in [-0.25, -0.2) is 9.97 Å². The van der Waals surface area contributed by atoms with Gasteiger partial charge in [-0.1, -0.05) is 12.8 Å². The molecule has 0 atom stereocenters. The third kappa shape index (κ3) is 3.01. The van der Waals surface area contributed by atoms with E-state index in [4.69, 9.17) is 0 Å². The summed E-state index contributed by atoms with van der Waals surface area (Å²) in [4.78, 5) is 11.0. The molecule has 4 nitrogen and oxygen atoms in total. The van der Waals surface area contributed by atoms with E-state index in [0.29, 0.717) is 0 Å². The van der Waals surface area contributed by atoms with Crippen LogP contribution in [-0.4, -0.2) is 41.0 Å². The van der Waals surface area contributed by atoms with E-state index in [1.807, 2.05) is 13.0 Å². The van der Waals surface area contributed by atoms with Crippen LogP contribution in [0.4, 0.5) is 5.82 Å². The third-order valence-electron chi connectivity index (χ3n) is 3.89. The van der Waals surface area contributed by atoms with Crippen molar-refractivity contribution in [2.24, 2.45) is 0 Å². The lowest BCUT2D eigenvalue weighted by Gasteiger charge is -2.36. The van der Waals surface area contributed by atoms with Gasteiger partial charge in [0.15, 0.2) is 0 Å². The first-order valence-electron chi connectivity index (χ1n) is 6.44. The number of aryl methyl sites for hydroxylation is 1. The van der Waals surface area contributed by atoms with Crippen LogP contribution in [0.2, 0.25) is 0 Å². The maximum Gasteiger partial charge on any atom is 0.130 e. The second kappa shape index (κ2) is 5.53. The normalized spacial score (nSPS) is 18.3. The van der Waals surface area contributed by atoms with E-state index in [0.717, 1.165) is 22.8 Å². The molecular formula is C13H21BrN4. The first-order chi connectivity index (χ1) is 8.52. The smallest absolute Gasteiger partial charge is 0.130 e. The maximum absolute atomic E-state index is 4.41. The number of nitrogens with zero attached hydrogens (tertiary/aromatic N) is 3. The summed E-state index contributed by atoms with van der Waals surface area (Å²) in [5.74, 6) is 1.69. The van der Waals surface area contributed by atoms with Crippen LogP contribution < -0.4 is 5.32 Å². The van der Waals surface area contributed by atoms with Crippen LogP contribution in [0, 0.1) is 6.92 Å². The standard InChI is InChI=1S/C13H21BrN4/c1-10-16-11(14)8-12(17-10)15-9-13(18(2)3)6-4-5-7-13/h8H,4-7,9H2,1-3H3,(H,15,16,17). The van der Waals surface area contributed by atoms with E-state index >= 15 is 0 Å². The van der Waals surface area contributed by atoms with Crippen LogP contribution in [-0.2, 0) is 0 Å². The fourth-order valence-electron chi connectivity index (χ4n) is 2.69. The second-order valence-corrected chi connectivity index (χ2v) is 6.12. The average molecular weight is 313 g/mol. The van der Waals surface area contributed by atoms with Crippen molar-refractivity contribution < 1.29 is 0 Å². The summed E-state index contributed by atoms with van der Waals surface area (Å²) in [6.07, 6.45) is 5.18. The van der Waals surface area contributed by atoms with Crippen molar-refractivity contribution in [3.63, 3.8) is 0 Å². The summed E-state index contributed by atoms with van der Waals surface area (Å²) in [5, 5.41) is 3.47. The van der Waals surface area contributed by atoms with Gasteiger partial charge in [-0.3, -0.25) is 0 Å². The number of halogens is 1. The van der Waals surface area contributed by atoms with E-state index < -0.39 is 0 Å². The number of hydrogen-bond donors (Lipinski definition) is 1. The van der Waals surface area contributed by atoms with Crippen molar-refractivity contribution in [1.82, 2.24) is 14.9 Å². The van der Waals surface area contributed by atoms with Gasteiger partial charge in [0, 0.05) is 18.2 Å². The van der Waals surface area contributed by atoms with Crippen molar-refractivity contribution in [3.05, 3.63) is 16.5 Å². The summed E-state index contributed by atoms with van der Waals surface area (Å²) in [6.45, 7) is 2.86. The van der Waals surface area contributed by atoms with Crippen molar-refractivity contribution in [1.29, 1.82) is 0 Å². The SMILES string of the molecule is Cc1nc(Br)cc(NCC2(N(C)C)CCCC2)n1. The van der Waals surface area contributed by atoms with Gasteiger partial charge < -0.3 is 10.2 Å². The highest BCUT2D eigenvalue weighted by Gasteiger charge is 2.35. The predicted molar refractivity (Wildman–Crippen MR) is 77.8 cm³/mol. The molecule has 0 radical (unpaired) electrons. The van der Waals surface area contributed by atoms with Gasteiger partial charge in [-0.15, -0.1) is 0 Å². The summed E-state index contributed by atoms with van der Waals surface area (Å²) in [7, 11) is 4.35. The van der Waals surface area contributed by atoms with Crippen LogP contribution in [0.15, 0.2) is 10.7 Å². The maximum atomic E-state index is 4.41. The first kappa shape index (κ1) is 13.7. The molecular weight excluding hydrogens is 292 g/mol. The van der Waals surface area contributed by atoms with E-state index in [2.05, 4.69) is 50.2 Å². The molecule has 1 fully saturated rings. The van der Waals surface area contributed by atoms with Crippen LogP contribution in [0.1, 0.15) is 31.5 Å². The molecule has 1 aliphatic rings. The topological polar surface area (TPSA) is 41.1 Å². The molecule has 1 N–H and O–H groups in total. The molecule has 1 heterocycles. The van der Waals surface area contributed by atoms with E-state index in [-0.39, 0.29) is 5.54 Å². The molecule has 1 aliphatic carbocycles. The summed E-state index contributed by atoms with van der Waals surface area (Å²) < 4.78 is 0.836.